The molecule has 2 N–H and O–H groups in total. The molecule has 2 rings (SSSR count). The van der Waals surface area contributed by atoms with E-state index >= 15 is 0 Å². The van der Waals surface area contributed by atoms with Crippen molar-refractivity contribution >= 4 is 11.6 Å². The van der Waals surface area contributed by atoms with Gasteiger partial charge in [0.2, 0.25) is 0 Å². The topological polar surface area (TPSA) is 35.2 Å². The van der Waals surface area contributed by atoms with Gasteiger partial charge >= 0.3 is 0 Å². The van der Waals surface area contributed by atoms with E-state index in [0.717, 1.165) is 18.2 Å². The minimum atomic E-state index is 0.0408. The molecule has 3 heteroatoms. The summed E-state index contributed by atoms with van der Waals surface area (Å²) in [4.78, 5) is 0. The van der Waals surface area contributed by atoms with Gasteiger partial charge in [0.25, 0.3) is 0 Å². The Balaban J connectivity index is 2.39. The van der Waals surface area contributed by atoms with Gasteiger partial charge in [0.05, 0.1) is 13.2 Å². The van der Waals surface area contributed by atoms with Crippen LogP contribution in [0.15, 0.2) is 24.3 Å². The Labute approximate surface area is 102 Å². The Morgan fingerprint density at radius 3 is 2.25 bits per heavy atom. The largest absolute Gasteiger partial charge is 0.379 e. The normalized spacial score (nSPS) is 19.2. The van der Waals surface area contributed by atoms with Crippen LogP contribution in [0.4, 0.5) is 0 Å². The number of hydrogen-bond donors (Lipinski definition) is 1. The summed E-state index contributed by atoms with van der Waals surface area (Å²) in [7, 11) is 0. The smallest absolute Gasteiger partial charge is 0.0591 e. The fourth-order valence-corrected chi connectivity index (χ4v) is 2.34. The second-order valence-corrected chi connectivity index (χ2v) is 5.61. The van der Waals surface area contributed by atoms with Crippen molar-refractivity contribution in [1.82, 2.24) is 0 Å². The van der Waals surface area contributed by atoms with E-state index in [1.54, 1.807) is 0 Å². The number of benzene rings is 1. The highest BCUT2D eigenvalue weighted by molar-refractivity contribution is 6.30. The van der Waals surface area contributed by atoms with Gasteiger partial charge in [0.1, 0.15) is 0 Å². The molecule has 0 atom stereocenters. The molecule has 0 aromatic heterocycles. The van der Waals surface area contributed by atoms with Gasteiger partial charge in [-0.3, -0.25) is 0 Å². The maximum atomic E-state index is 5.92. The molecule has 1 fully saturated rings. The molecule has 88 valence electrons. The summed E-state index contributed by atoms with van der Waals surface area (Å²) in [5, 5.41) is 0.768. The summed E-state index contributed by atoms with van der Waals surface area (Å²) in [6.45, 7) is 6.55. The first-order valence-corrected chi connectivity index (χ1v) is 5.93. The van der Waals surface area contributed by atoms with Crippen molar-refractivity contribution in [3.63, 3.8) is 0 Å². The van der Waals surface area contributed by atoms with Crippen molar-refractivity contribution in [1.29, 1.82) is 0 Å². The van der Waals surface area contributed by atoms with Gasteiger partial charge < -0.3 is 10.5 Å². The molecular weight excluding hydrogens is 222 g/mol. The third-order valence-corrected chi connectivity index (χ3v) is 4.15. The molecule has 0 amide bonds. The van der Waals surface area contributed by atoms with Crippen LogP contribution >= 0.6 is 11.6 Å². The van der Waals surface area contributed by atoms with Gasteiger partial charge in [-0.15, -0.1) is 0 Å². The van der Waals surface area contributed by atoms with Gasteiger partial charge in [0.15, 0.2) is 0 Å². The summed E-state index contributed by atoms with van der Waals surface area (Å²) in [5.41, 5.74) is 7.25. The summed E-state index contributed by atoms with van der Waals surface area (Å²) in [5.74, 6) is 0. The van der Waals surface area contributed by atoms with Gasteiger partial charge in [-0.2, -0.15) is 0 Å². The molecule has 16 heavy (non-hydrogen) atoms. The molecule has 0 bridgehead atoms. The summed E-state index contributed by atoms with van der Waals surface area (Å²) < 4.78 is 5.42. The van der Waals surface area contributed by atoms with Crippen LogP contribution in [0.1, 0.15) is 19.4 Å². The minimum absolute atomic E-state index is 0.0408. The van der Waals surface area contributed by atoms with Gasteiger partial charge in [-0.25, -0.2) is 0 Å². The Kier molecular flexibility index (Phi) is 2.99. The molecule has 0 unspecified atom stereocenters. The van der Waals surface area contributed by atoms with Gasteiger partial charge in [0, 0.05) is 10.4 Å². The average molecular weight is 240 g/mol. The zero-order chi connectivity index (χ0) is 11.8. The molecule has 2 nitrogen and oxygen atoms in total. The SMILES string of the molecule is CC(C)(CN)C1(c2ccc(Cl)cc2)COC1. The van der Waals surface area contributed by atoms with E-state index < -0.39 is 0 Å². The molecule has 0 saturated carbocycles. The molecule has 0 aliphatic carbocycles. The van der Waals surface area contributed by atoms with E-state index in [0.29, 0.717) is 6.54 Å². The molecular formula is C13H18ClNO. The first-order chi connectivity index (χ1) is 7.52. The Hall–Kier alpha value is -0.570. The molecule has 1 saturated heterocycles. The third-order valence-electron chi connectivity index (χ3n) is 3.90. The number of hydrogen-bond acceptors (Lipinski definition) is 2. The molecule has 1 aliphatic heterocycles. The second-order valence-electron chi connectivity index (χ2n) is 5.17. The van der Waals surface area contributed by atoms with Crippen molar-refractivity contribution in [2.24, 2.45) is 11.1 Å². The fourth-order valence-electron chi connectivity index (χ4n) is 2.22. The number of rotatable bonds is 3. The summed E-state index contributed by atoms with van der Waals surface area (Å²) in [6.07, 6.45) is 0. The molecule has 1 heterocycles. The lowest BCUT2D eigenvalue weighted by Gasteiger charge is -2.52. The van der Waals surface area contributed by atoms with E-state index in [2.05, 4.69) is 26.0 Å². The van der Waals surface area contributed by atoms with Crippen LogP contribution in [0.5, 0.6) is 0 Å². The molecule has 0 radical (unpaired) electrons. The zero-order valence-electron chi connectivity index (χ0n) is 9.79. The summed E-state index contributed by atoms with van der Waals surface area (Å²) in [6, 6.07) is 8.04. The molecule has 0 spiro atoms. The third kappa shape index (κ3) is 1.65. The van der Waals surface area contributed by atoms with E-state index in [9.17, 15) is 0 Å². The van der Waals surface area contributed by atoms with E-state index in [4.69, 9.17) is 22.1 Å². The van der Waals surface area contributed by atoms with Crippen molar-refractivity contribution in [2.75, 3.05) is 19.8 Å². The second kappa shape index (κ2) is 4.02. The maximum absolute atomic E-state index is 5.92. The maximum Gasteiger partial charge on any atom is 0.0591 e. The van der Waals surface area contributed by atoms with Crippen LogP contribution in [0.2, 0.25) is 5.02 Å². The number of ether oxygens (including phenoxy) is 1. The van der Waals surface area contributed by atoms with Crippen molar-refractivity contribution in [2.45, 2.75) is 19.3 Å². The lowest BCUT2D eigenvalue weighted by Crippen LogP contribution is -2.59. The first-order valence-electron chi connectivity index (χ1n) is 5.56. The standard InChI is InChI=1S/C13H18ClNO/c1-12(2,7-15)13(8-16-9-13)10-3-5-11(14)6-4-10/h3-6H,7-9,15H2,1-2H3. The van der Waals surface area contributed by atoms with Gasteiger partial charge in [-0.05, 0) is 29.7 Å². The lowest BCUT2D eigenvalue weighted by atomic mass is 9.60. The molecule has 1 aromatic carbocycles. The minimum Gasteiger partial charge on any atom is -0.379 e. The van der Waals surface area contributed by atoms with Crippen molar-refractivity contribution in [3.8, 4) is 0 Å². The van der Waals surface area contributed by atoms with Crippen molar-refractivity contribution in [3.05, 3.63) is 34.9 Å². The average Bonchev–Trinajstić information content (AvgIpc) is 2.19. The molecule has 1 aromatic rings. The highest BCUT2D eigenvalue weighted by Crippen LogP contribution is 2.46. The van der Waals surface area contributed by atoms with E-state index in [1.807, 2.05) is 12.1 Å². The monoisotopic (exact) mass is 239 g/mol. The Morgan fingerprint density at radius 1 is 1.31 bits per heavy atom. The first kappa shape index (κ1) is 11.9. The van der Waals surface area contributed by atoms with Gasteiger partial charge in [-0.1, -0.05) is 37.6 Å². The number of nitrogens with two attached hydrogens (primary N) is 1. The predicted octanol–water partition coefficient (Wildman–Crippen LogP) is 2.59. The zero-order valence-corrected chi connectivity index (χ0v) is 10.6. The quantitative estimate of drug-likeness (QED) is 0.880. The van der Waals surface area contributed by atoms with Crippen LogP contribution in [-0.4, -0.2) is 19.8 Å². The highest BCUT2D eigenvalue weighted by Gasteiger charge is 2.51. The Morgan fingerprint density at radius 2 is 1.88 bits per heavy atom. The van der Waals surface area contributed by atoms with E-state index in [1.165, 1.54) is 5.56 Å². The summed E-state index contributed by atoms with van der Waals surface area (Å²) >= 11 is 5.92. The predicted molar refractivity (Wildman–Crippen MR) is 66.8 cm³/mol. The Bertz CT molecular complexity index is 368. The number of halogens is 1. The highest BCUT2D eigenvalue weighted by atomic mass is 35.5. The van der Waals surface area contributed by atoms with Crippen LogP contribution in [0, 0.1) is 5.41 Å². The van der Waals surface area contributed by atoms with Crippen molar-refractivity contribution < 1.29 is 4.74 Å². The van der Waals surface area contributed by atoms with Crippen LogP contribution in [-0.2, 0) is 10.2 Å². The van der Waals surface area contributed by atoms with Crippen LogP contribution in [0.3, 0.4) is 0 Å². The van der Waals surface area contributed by atoms with Crippen LogP contribution in [0.25, 0.3) is 0 Å². The molecule has 1 aliphatic rings. The van der Waals surface area contributed by atoms with Crippen LogP contribution < -0.4 is 5.73 Å². The lowest BCUT2D eigenvalue weighted by molar-refractivity contribution is -0.116. The fraction of sp³-hybridized carbons (Fsp3) is 0.538. The van der Waals surface area contributed by atoms with E-state index in [-0.39, 0.29) is 10.8 Å².